The molecular weight excluding hydrogens is 178 g/mol. The van der Waals surface area contributed by atoms with E-state index in [-0.39, 0.29) is 0 Å². The first-order chi connectivity index (χ1) is 6.29. The molecule has 0 amide bonds. The quantitative estimate of drug-likeness (QED) is 0.479. The number of para-hydroxylation sites is 1. The summed E-state index contributed by atoms with van der Waals surface area (Å²) < 4.78 is 2.10. The summed E-state index contributed by atoms with van der Waals surface area (Å²) in [4.78, 5) is 1.32. The highest BCUT2D eigenvalue weighted by atomic mass is 32.1. The van der Waals surface area contributed by atoms with E-state index in [0.29, 0.717) is 0 Å². The first-order valence-corrected chi connectivity index (χ1v) is 5.06. The fourth-order valence-electron chi connectivity index (χ4n) is 1.24. The van der Waals surface area contributed by atoms with Crippen molar-refractivity contribution in [2.75, 3.05) is 0 Å². The standard InChI is InChI=1S/C11H11NS/c1-9-10(2)13-8-12(9)11-6-4-3-5-7-11/h3-7H,1-2H3. The molecule has 0 N–H and O–H groups in total. The van der Waals surface area contributed by atoms with E-state index >= 15 is 0 Å². The van der Waals surface area contributed by atoms with Gasteiger partial charge in [0.15, 0.2) is 0 Å². The maximum Gasteiger partial charge on any atom is 0.218 e. The topological polar surface area (TPSA) is 3.88 Å². The minimum absolute atomic E-state index is 1.18. The Bertz CT molecular complexity index is 403. The molecule has 0 aliphatic rings. The number of hydrogen-bond acceptors (Lipinski definition) is 1. The van der Waals surface area contributed by atoms with Crippen molar-refractivity contribution < 1.29 is 4.57 Å². The molecule has 1 heterocycles. The number of hydrogen-bond donors (Lipinski definition) is 0. The Balaban J connectivity index is 2.53. The Morgan fingerprint density at radius 2 is 1.85 bits per heavy atom. The van der Waals surface area contributed by atoms with Crippen molar-refractivity contribution in [2.24, 2.45) is 0 Å². The number of nitrogens with zero attached hydrogens (tertiary/aromatic N) is 1. The van der Waals surface area contributed by atoms with Crippen molar-refractivity contribution in [3.8, 4) is 5.69 Å². The largest absolute Gasteiger partial charge is 0.279 e. The van der Waals surface area contributed by atoms with Crippen LogP contribution in [0.2, 0.25) is 0 Å². The zero-order valence-corrected chi connectivity index (χ0v) is 8.56. The van der Waals surface area contributed by atoms with Crippen LogP contribution in [0, 0.1) is 19.4 Å². The normalized spacial score (nSPS) is 10.3. The SMILES string of the molecule is Cc1s[c-][n+](-c2ccccc2)c1C. The highest BCUT2D eigenvalue weighted by molar-refractivity contribution is 7.08. The number of rotatable bonds is 1. The van der Waals surface area contributed by atoms with Crippen LogP contribution in [0.5, 0.6) is 0 Å². The van der Waals surface area contributed by atoms with Crippen molar-refractivity contribution >= 4 is 11.3 Å². The molecule has 1 aromatic heterocycles. The molecular formula is C11H11NS. The predicted octanol–water partition coefficient (Wildman–Crippen LogP) is 2.44. The third-order valence-electron chi connectivity index (χ3n) is 2.15. The molecule has 0 aliphatic heterocycles. The average molecular weight is 189 g/mol. The molecule has 0 aliphatic carbocycles. The molecule has 1 nitrogen and oxygen atoms in total. The first-order valence-electron chi connectivity index (χ1n) is 4.24. The van der Waals surface area contributed by atoms with Crippen molar-refractivity contribution in [2.45, 2.75) is 13.8 Å². The predicted molar refractivity (Wildman–Crippen MR) is 54.2 cm³/mol. The van der Waals surface area contributed by atoms with E-state index in [4.69, 9.17) is 0 Å². The second-order valence-corrected chi connectivity index (χ2v) is 4.00. The summed E-state index contributed by atoms with van der Waals surface area (Å²) in [5, 5.41) is 0. The Morgan fingerprint density at radius 1 is 1.15 bits per heavy atom. The summed E-state index contributed by atoms with van der Waals surface area (Å²) in [6.07, 6.45) is 0. The van der Waals surface area contributed by atoms with E-state index in [2.05, 4.69) is 36.1 Å². The summed E-state index contributed by atoms with van der Waals surface area (Å²) in [6.45, 7) is 4.24. The van der Waals surface area contributed by atoms with Crippen molar-refractivity contribution in [3.63, 3.8) is 0 Å². The van der Waals surface area contributed by atoms with E-state index in [1.807, 2.05) is 18.2 Å². The van der Waals surface area contributed by atoms with Crippen LogP contribution in [0.25, 0.3) is 5.69 Å². The first kappa shape index (κ1) is 8.45. The van der Waals surface area contributed by atoms with Crippen molar-refractivity contribution in [1.82, 2.24) is 0 Å². The highest BCUT2D eigenvalue weighted by Crippen LogP contribution is 2.10. The van der Waals surface area contributed by atoms with Crippen LogP contribution >= 0.6 is 11.3 Å². The van der Waals surface area contributed by atoms with E-state index in [1.165, 1.54) is 16.3 Å². The smallest absolute Gasteiger partial charge is 0.218 e. The molecule has 0 unspecified atom stereocenters. The number of benzene rings is 1. The minimum atomic E-state index is 1.18. The Morgan fingerprint density at radius 3 is 2.38 bits per heavy atom. The molecule has 2 heteroatoms. The Hall–Kier alpha value is -1.15. The summed E-state index contributed by atoms with van der Waals surface area (Å²) in [6, 6.07) is 10.3. The van der Waals surface area contributed by atoms with Gasteiger partial charge in [0.2, 0.25) is 5.51 Å². The van der Waals surface area contributed by atoms with Gasteiger partial charge in [0.25, 0.3) is 0 Å². The lowest BCUT2D eigenvalue weighted by atomic mass is 10.3. The van der Waals surface area contributed by atoms with Crippen LogP contribution in [-0.2, 0) is 0 Å². The molecule has 0 fully saturated rings. The fourth-order valence-corrected chi connectivity index (χ4v) is 1.95. The molecule has 0 atom stereocenters. The molecule has 1 aromatic carbocycles. The lowest BCUT2D eigenvalue weighted by molar-refractivity contribution is -0.601. The Labute approximate surface area is 82.3 Å². The fraction of sp³-hybridized carbons (Fsp3) is 0.182. The second kappa shape index (κ2) is 3.30. The molecule has 13 heavy (non-hydrogen) atoms. The van der Waals surface area contributed by atoms with Crippen LogP contribution in [0.1, 0.15) is 10.6 Å². The molecule has 2 aromatic rings. The van der Waals surface area contributed by atoms with Gasteiger partial charge < -0.3 is 0 Å². The average Bonchev–Trinajstić information content (AvgIpc) is 2.49. The molecule has 0 saturated carbocycles. The van der Waals surface area contributed by atoms with Crippen LogP contribution in [0.15, 0.2) is 30.3 Å². The molecule has 0 bridgehead atoms. The van der Waals surface area contributed by atoms with Crippen molar-refractivity contribution in [1.29, 1.82) is 0 Å². The van der Waals surface area contributed by atoms with Gasteiger partial charge in [0, 0.05) is 0 Å². The van der Waals surface area contributed by atoms with E-state index < -0.39 is 0 Å². The second-order valence-electron chi connectivity index (χ2n) is 3.01. The van der Waals surface area contributed by atoms with Gasteiger partial charge in [-0.05, 0) is 23.9 Å². The van der Waals surface area contributed by atoms with Gasteiger partial charge in [-0.2, -0.15) is 11.3 Å². The monoisotopic (exact) mass is 189 g/mol. The van der Waals surface area contributed by atoms with E-state index in [9.17, 15) is 0 Å². The van der Waals surface area contributed by atoms with Gasteiger partial charge in [0.1, 0.15) is 5.69 Å². The van der Waals surface area contributed by atoms with Crippen molar-refractivity contribution in [3.05, 3.63) is 46.4 Å². The van der Waals surface area contributed by atoms with Gasteiger partial charge in [-0.1, -0.05) is 25.1 Å². The van der Waals surface area contributed by atoms with Crippen LogP contribution < -0.4 is 4.57 Å². The molecule has 66 valence electrons. The number of thiazole rings is 1. The maximum absolute atomic E-state index is 3.25. The Kier molecular flexibility index (Phi) is 2.15. The molecule has 0 spiro atoms. The van der Waals surface area contributed by atoms with Gasteiger partial charge >= 0.3 is 0 Å². The zero-order valence-electron chi connectivity index (χ0n) is 7.74. The maximum atomic E-state index is 3.25. The third-order valence-corrected chi connectivity index (χ3v) is 3.02. The minimum Gasteiger partial charge on any atom is -0.279 e. The van der Waals surface area contributed by atoms with Gasteiger partial charge in [-0.3, -0.25) is 4.57 Å². The van der Waals surface area contributed by atoms with E-state index in [1.54, 1.807) is 11.3 Å². The molecule has 2 rings (SSSR count). The lowest BCUT2D eigenvalue weighted by Crippen LogP contribution is -2.31. The number of aromatic nitrogens is 1. The van der Waals surface area contributed by atoms with E-state index in [0.717, 1.165) is 0 Å². The van der Waals surface area contributed by atoms with Crippen LogP contribution in [0.3, 0.4) is 0 Å². The van der Waals surface area contributed by atoms with Crippen LogP contribution in [0.4, 0.5) is 0 Å². The summed E-state index contributed by atoms with van der Waals surface area (Å²) >= 11 is 1.66. The highest BCUT2D eigenvalue weighted by Gasteiger charge is 2.04. The molecule has 0 saturated heterocycles. The van der Waals surface area contributed by atoms with Gasteiger partial charge in [-0.15, -0.1) is 0 Å². The summed E-state index contributed by atoms with van der Waals surface area (Å²) in [5.41, 5.74) is 5.71. The van der Waals surface area contributed by atoms with Gasteiger partial charge in [-0.25, -0.2) is 0 Å². The summed E-state index contributed by atoms with van der Waals surface area (Å²) in [7, 11) is 0. The number of aryl methyl sites for hydroxylation is 1. The summed E-state index contributed by atoms with van der Waals surface area (Å²) in [5.74, 6) is 0. The van der Waals surface area contributed by atoms with Gasteiger partial charge in [0.05, 0.1) is 5.69 Å². The van der Waals surface area contributed by atoms with Crippen LogP contribution in [-0.4, -0.2) is 0 Å². The lowest BCUT2D eigenvalue weighted by Gasteiger charge is -2.00. The molecule has 0 radical (unpaired) electrons. The third kappa shape index (κ3) is 1.49. The zero-order chi connectivity index (χ0) is 9.26.